The highest BCUT2D eigenvalue weighted by atomic mass is 16.5. The van der Waals surface area contributed by atoms with Crippen molar-refractivity contribution in [3.63, 3.8) is 0 Å². The van der Waals surface area contributed by atoms with Crippen LogP contribution in [0.4, 0.5) is 5.69 Å². The van der Waals surface area contributed by atoms with Gasteiger partial charge in [-0.3, -0.25) is 9.59 Å². The number of anilines is 1. The van der Waals surface area contributed by atoms with Gasteiger partial charge in [-0.1, -0.05) is 0 Å². The maximum Gasteiger partial charge on any atom is 0.338 e. The standard InChI is InChI=1S/C18H17N3O5/c1-21(11-15-3-2-10-25-15)17(23)12-26-18(24)13-4-6-14(7-5-13)20-16(22)8-9-19/h2-7,10H,8,11-12H2,1H3,(H,20,22). The van der Waals surface area contributed by atoms with Gasteiger partial charge in [0.1, 0.15) is 12.2 Å². The predicted molar refractivity (Wildman–Crippen MR) is 90.8 cm³/mol. The van der Waals surface area contributed by atoms with Crippen molar-refractivity contribution in [1.29, 1.82) is 5.26 Å². The van der Waals surface area contributed by atoms with E-state index in [1.165, 1.54) is 35.4 Å². The van der Waals surface area contributed by atoms with E-state index in [4.69, 9.17) is 14.4 Å². The Bertz CT molecular complexity index is 806. The number of carbonyl (C=O) groups is 3. The van der Waals surface area contributed by atoms with E-state index in [-0.39, 0.29) is 24.4 Å². The first kappa shape index (κ1) is 18.7. The molecule has 134 valence electrons. The molecular weight excluding hydrogens is 338 g/mol. The van der Waals surface area contributed by atoms with Crippen molar-refractivity contribution in [2.75, 3.05) is 19.0 Å². The van der Waals surface area contributed by atoms with Crippen LogP contribution in [-0.2, 0) is 20.9 Å². The molecule has 0 fully saturated rings. The minimum atomic E-state index is -0.653. The molecule has 0 saturated heterocycles. The number of nitrogens with one attached hydrogen (secondary N) is 1. The predicted octanol–water partition coefficient (Wildman–Crippen LogP) is 1.95. The minimum absolute atomic E-state index is 0.241. The molecule has 0 unspecified atom stereocenters. The highest BCUT2D eigenvalue weighted by Gasteiger charge is 2.14. The number of furan rings is 1. The Morgan fingerprint density at radius 1 is 1.23 bits per heavy atom. The van der Waals surface area contributed by atoms with E-state index in [2.05, 4.69) is 5.32 Å². The van der Waals surface area contributed by atoms with Gasteiger partial charge in [-0.05, 0) is 36.4 Å². The topological polar surface area (TPSA) is 113 Å². The molecule has 0 bridgehead atoms. The molecule has 8 nitrogen and oxygen atoms in total. The second-order valence-electron chi connectivity index (χ2n) is 5.37. The second kappa shape index (κ2) is 9.03. The average molecular weight is 355 g/mol. The molecule has 0 aliphatic heterocycles. The van der Waals surface area contributed by atoms with Crippen molar-refractivity contribution in [2.24, 2.45) is 0 Å². The van der Waals surface area contributed by atoms with Crippen LogP contribution in [0.5, 0.6) is 0 Å². The summed E-state index contributed by atoms with van der Waals surface area (Å²) in [5.41, 5.74) is 0.695. The van der Waals surface area contributed by atoms with Gasteiger partial charge in [0.2, 0.25) is 5.91 Å². The van der Waals surface area contributed by atoms with Gasteiger partial charge in [0, 0.05) is 12.7 Å². The van der Waals surface area contributed by atoms with E-state index in [9.17, 15) is 14.4 Å². The van der Waals surface area contributed by atoms with Gasteiger partial charge in [-0.25, -0.2) is 4.79 Å². The summed E-state index contributed by atoms with van der Waals surface area (Å²) in [7, 11) is 1.58. The number of benzene rings is 1. The molecule has 0 atom stereocenters. The number of ether oxygens (including phenoxy) is 1. The third kappa shape index (κ3) is 5.49. The summed E-state index contributed by atoms with van der Waals surface area (Å²) >= 11 is 0. The summed E-state index contributed by atoms with van der Waals surface area (Å²) in [6.07, 6.45) is 1.26. The molecule has 0 aliphatic rings. The molecule has 0 spiro atoms. The van der Waals surface area contributed by atoms with E-state index in [1.807, 2.05) is 0 Å². The van der Waals surface area contributed by atoms with E-state index in [0.717, 1.165) is 0 Å². The Balaban J connectivity index is 1.82. The van der Waals surface area contributed by atoms with Crippen LogP contribution >= 0.6 is 0 Å². The normalized spacial score (nSPS) is 9.85. The van der Waals surface area contributed by atoms with Crippen LogP contribution in [0.25, 0.3) is 0 Å². The van der Waals surface area contributed by atoms with Crippen LogP contribution in [-0.4, -0.2) is 36.3 Å². The summed E-state index contributed by atoms with van der Waals surface area (Å²) in [4.78, 5) is 36.7. The zero-order valence-electron chi connectivity index (χ0n) is 14.1. The van der Waals surface area contributed by atoms with Crippen molar-refractivity contribution in [1.82, 2.24) is 4.90 Å². The van der Waals surface area contributed by atoms with E-state index in [1.54, 1.807) is 25.2 Å². The van der Waals surface area contributed by atoms with Crippen LogP contribution in [0.1, 0.15) is 22.5 Å². The molecule has 2 aromatic rings. The molecule has 2 rings (SSSR count). The average Bonchev–Trinajstić information content (AvgIpc) is 3.13. The maximum atomic E-state index is 12.0. The molecule has 8 heteroatoms. The van der Waals surface area contributed by atoms with Gasteiger partial charge in [-0.2, -0.15) is 5.26 Å². The van der Waals surface area contributed by atoms with Gasteiger partial charge in [0.05, 0.1) is 24.4 Å². The first-order valence-electron chi connectivity index (χ1n) is 7.70. The maximum absolute atomic E-state index is 12.0. The fraction of sp³-hybridized carbons (Fsp3) is 0.222. The van der Waals surface area contributed by atoms with Crippen LogP contribution in [0.3, 0.4) is 0 Å². The molecule has 0 aliphatic carbocycles. The minimum Gasteiger partial charge on any atom is -0.467 e. The van der Waals surface area contributed by atoms with Gasteiger partial charge >= 0.3 is 5.97 Å². The molecular formula is C18H17N3O5. The number of likely N-dealkylation sites (N-methyl/N-ethyl adjacent to an activating group) is 1. The van der Waals surface area contributed by atoms with Crippen LogP contribution in [0.2, 0.25) is 0 Å². The first-order valence-corrected chi connectivity index (χ1v) is 7.70. The van der Waals surface area contributed by atoms with Crippen molar-refractivity contribution in [3.05, 3.63) is 54.0 Å². The van der Waals surface area contributed by atoms with Crippen molar-refractivity contribution < 1.29 is 23.5 Å². The first-order chi connectivity index (χ1) is 12.5. The van der Waals surface area contributed by atoms with Crippen LogP contribution in [0.15, 0.2) is 47.1 Å². The Hall–Kier alpha value is -3.60. The lowest BCUT2D eigenvalue weighted by Gasteiger charge is -2.15. The van der Waals surface area contributed by atoms with E-state index >= 15 is 0 Å². The molecule has 1 aromatic carbocycles. The van der Waals surface area contributed by atoms with Crippen LogP contribution in [0, 0.1) is 11.3 Å². The number of amides is 2. The zero-order chi connectivity index (χ0) is 18.9. The molecule has 1 aromatic heterocycles. The number of nitriles is 1. The number of hydrogen-bond donors (Lipinski definition) is 1. The SMILES string of the molecule is CN(Cc1ccco1)C(=O)COC(=O)c1ccc(NC(=O)CC#N)cc1. The van der Waals surface area contributed by atoms with Gasteiger partial charge in [0.15, 0.2) is 6.61 Å². The lowest BCUT2D eigenvalue weighted by Crippen LogP contribution is -2.30. The highest BCUT2D eigenvalue weighted by Crippen LogP contribution is 2.11. The molecule has 2 amide bonds. The number of carbonyl (C=O) groups excluding carboxylic acids is 3. The van der Waals surface area contributed by atoms with E-state index < -0.39 is 18.5 Å². The molecule has 0 saturated carbocycles. The smallest absolute Gasteiger partial charge is 0.338 e. The number of esters is 1. The molecule has 0 radical (unpaired) electrons. The number of hydrogen-bond acceptors (Lipinski definition) is 6. The highest BCUT2D eigenvalue weighted by molar-refractivity contribution is 5.94. The summed E-state index contributed by atoms with van der Waals surface area (Å²) in [6, 6.07) is 11.1. The molecule has 26 heavy (non-hydrogen) atoms. The Labute approximate surface area is 150 Å². The summed E-state index contributed by atoms with van der Waals surface area (Å²) in [6.45, 7) is -0.114. The Morgan fingerprint density at radius 2 is 1.96 bits per heavy atom. The summed E-state index contributed by atoms with van der Waals surface area (Å²) < 4.78 is 10.2. The lowest BCUT2D eigenvalue weighted by molar-refractivity contribution is -0.134. The fourth-order valence-corrected chi connectivity index (χ4v) is 2.01. The zero-order valence-corrected chi connectivity index (χ0v) is 14.1. The Kier molecular flexibility index (Phi) is 6.51. The summed E-state index contributed by atoms with van der Waals surface area (Å²) in [5.74, 6) is -0.830. The van der Waals surface area contributed by atoms with Crippen molar-refractivity contribution >= 4 is 23.5 Å². The number of nitrogens with zero attached hydrogens (tertiary/aromatic N) is 2. The summed E-state index contributed by atoms with van der Waals surface area (Å²) in [5, 5.41) is 10.9. The molecule has 1 heterocycles. The third-order valence-electron chi connectivity index (χ3n) is 3.37. The Morgan fingerprint density at radius 3 is 2.58 bits per heavy atom. The largest absolute Gasteiger partial charge is 0.467 e. The lowest BCUT2D eigenvalue weighted by atomic mass is 10.2. The van der Waals surface area contributed by atoms with Gasteiger partial charge < -0.3 is 19.4 Å². The van der Waals surface area contributed by atoms with Gasteiger partial charge in [0.25, 0.3) is 5.91 Å². The van der Waals surface area contributed by atoms with Crippen LogP contribution < -0.4 is 5.32 Å². The third-order valence-corrected chi connectivity index (χ3v) is 3.37. The second-order valence-corrected chi connectivity index (χ2v) is 5.37. The quantitative estimate of drug-likeness (QED) is 0.760. The van der Waals surface area contributed by atoms with Crippen molar-refractivity contribution in [2.45, 2.75) is 13.0 Å². The molecule has 1 N–H and O–H groups in total. The van der Waals surface area contributed by atoms with Crippen molar-refractivity contribution in [3.8, 4) is 6.07 Å². The number of rotatable bonds is 7. The van der Waals surface area contributed by atoms with Gasteiger partial charge in [-0.15, -0.1) is 0 Å². The van der Waals surface area contributed by atoms with E-state index in [0.29, 0.717) is 11.4 Å². The fourth-order valence-electron chi connectivity index (χ4n) is 2.01. The monoisotopic (exact) mass is 355 g/mol.